The summed E-state index contributed by atoms with van der Waals surface area (Å²) < 4.78 is 18.9. The highest BCUT2D eigenvalue weighted by molar-refractivity contribution is 5.81. The number of benzene rings is 1. The highest BCUT2D eigenvalue weighted by Crippen LogP contribution is 2.27. The summed E-state index contributed by atoms with van der Waals surface area (Å²) in [6.07, 6.45) is 1.46. The van der Waals surface area contributed by atoms with Gasteiger partial charge in [0.2, 0.25) is 5.91 Å². The Bertz CT molecular complexity index is 718. The Balaban J connectivity index is 1.77. The van der Waals surface area contributed by atoms with Crippen molar-refractivity contribution in [3.63, 3.8) is 0 Å². The van der Waals surface area contributed by atoms with Crippen LogP contribution in [-0.2, 0) is 16.0 Å². The van der Waals surface area contributed by atoms with Gasteiger partial charge in [-0.05, 0) is 24.1 Å². The lowest BCUT2D eigenvalue weighted by molar-refractivity contribution is -0.127. The molecule has 25 heavy (non-hydrogen) atoms. The molecule has 1 aliphatic heterocycles. The summed E-state index contributed by atoms with van der Waals surface area (Å²) in [6, 6.07) is 5.19. The third-order valence-electron chi connectivity index (χ3n) is 4.24. The maximum atomic E-state index is 13.2. The van der Waals surface area contributed by atoms with Gasteiger partial charge < -0.3 is 10.5 Å². The zero-order chi connectivity index (χ0) is 17.8. The van der Waals surface area contributed by atoms with Crippen molar-refractivity contribution < 1.29 is 13.9 Å². The lowest BCUT2D eigenvalue weighted by Gasteiger charge is -2.36. The summed E-state index contributed by atoms with van der Waals surface area (Å²) in [5.41, 5.74) is 6.28. The summed E-state index contributed by atoms with van der Waals surface area (Å²) in [4.78, 5) is 18.4. The number of halogens is 1. The summed E-state index contributed by atoms with van der Waals surface area (Å²) in [7, 11) is 0. The van der Waals surface area contributed by atoms with E-state index in [0.29, 0.717) is 31.1 Å². The van der Waals surface area contributed by atoms with Gasteiger partial charge in [-0.3, -0.25) is 14.8 Å². The van der Waals surface area contributed by atoms with Gasteiger partial charge in [-0.15, -0.1) is 0 Å². The van der Waals surface area contributed by atoms with E-state index >= 15 is 0 Å². The number of aryl methyl sites for hydroxylation is 1. The molecule has 3 N–H and O–H groups in total. The number of hydrogen-bond donors (Lipinski definition) is 2. The van der Waals surface area contributed by atoms with Gasteiger partial charge >= 0.3 is 0 Å². The number of primary amides is 1. The Labute approximate surface area is 145 Å². The van der Waals surface area contributed by atoms with Crippen LogP contribution >= 0.6 is 0 Å². The molecule has 1 fully saturated rings. The number of rotatable bonds is 6. The molecule has 0 aliphatic carbocycles. The molecule has 1 aromatic heterocycles. The summed E-state index contributed by atoms with van der Waals surface area (Å²) in [5, 5.41) is 7.14. The van der Waals surface area contributed by atoms with Gasteiger partial charge in [-0.1, -0.05) is 19.1 Å². The number of nitrogens with two attached hydrogens (primary N) is 1. The van der Waals surface area contributed by atoms with Crippen LogP contribution in [0.1, 0.15) is 42.7 Å². The number of carbonyl (C=O) groups is 1. The molecule has 2 heterocycles. The highest BCUT2D eigenvalue weighted by atomic mass is 19.1. The number of hydrogen-bond acceptors (Lipinski definition) is 5. The SMILES string of the molecule is CCCc1nc(C2CN(C(C(N)=O)c3ccc(F)cc3)CCO2)n[nH]1. The van der Waals surface area contributed by atoms with Crippen LogP contribution in [0.3, 0.4) is 0 Å². The quantitative estimate of drug-likeness (QED) is 0.825. The monoisotopic (exact) mass is 347 g/mol. The first-order valence-corrected chi connectivity index (χ1v) is 8.40. The average molecular weight is 347 g/mol. The highest BCUT2D eigenvalue weighted by Gasteiger charge is 2.33. The number of carbonyl (C=O) groups excluding carboxylic acids is 1. The predicted molar refractivity (Wildman–Crippen MR) is 89.0 cm³/mol. The van der Waals surface area contributed by atoms with Crippen molar-refractivity contribution in [1.82, 2.24) is 20.1 Å². The zero-order valence-electron chi connectivity index (χ0n) is 14.1. The minimum atomic E-state index is -0.638. The first kappa shape index (κ1) is 17.5. The number of amides is 1. The minimum Gasteiger partial charge on any atom is -0.368 e. The van der Waals surface area contributed by atoms with Gasteiger partial charge in [0, 0.05) is 19.5 Å². The van der Waals surface area contributed by atoms with Crippen LogP contribution in [0.15, 0.2) is 24.3 Å². The molecule has 1 amide bonds. The number of aromatic nitrogens is 3. The topological polar surface area (TPSA) is 97.1 Å². The second-order valence-corrected chi connectivity index (χ2v) is 6.10. The molecule has 1 aliphatic rings. The maximum absolute atomic E-state index is 13.2. The van der Waals surface area contributed by atoms with Crippen molar-refractivity contribution in [2.24, 2.45) is 5.73 Å². The van der Waals surface area contributed by atoms with Gasteiger partial charge in [0.1, 0.15) is 23.8 Å². The van der Waals surface area contributed by atoms with Crippen LogP contribution in [0.25, 0.3) is 0 Å². The van der Waals surface area contributed by atoms with Crippen molar-refractivity contribution in [3.05, 3.63) is 47.3 Å². The second-order valence-electron chi connectivity index (χ2n) is 6.10. The Hall–Kier alpha value is -2.32. The van der Waals surface area contributed by atoms with E-state index in [1.54, 1.807) is 12.1 Å². The fourth-order valence-corrected chi connectivity index (χ4v) is 3.06. The fraction of sp³-hybridized carbons (Fsp3) is 0.471. The maximum Gasteiger partial charge on any atom is 0.239 e. The van der Waals surface area contributed by atoms with Crippen LogP contribution < -0.4 is 5.73 Å². The molecule has 0 spiro atoms. The molecular weight excluding hydrogens is 325 g/mol. The number of nitrogens with one attached hydrogen (secondary N) is 1. The molecule has 0 saturated carbocycles. The number of nitrogens with zero attached hydrogens (tertiary/aromatic N) is 3. The van der Waals surface area contributed by atoms with E-state index in [4.69, 9.17) is 10.5 Å². The smallest absolute Gasteiger partial charge is 0.239 e. The van der Waals surface area contributed by atoms with E-state index in [2.05, 4.69) is 22.1 Å². The largest absolute Gasteiger partial charge is 0.368 e. The molecule has 1 saturated heterocycles. The number of H-pyrrole nitrogens is 1. The van der Waals surface area contributed by atoms with Gasteiger partial charge in [-0.25, -0.2) is 9.37 Å². The average Bonchev–Trinajstić information content (AvgIpc) is 3.06. The van der Waals surface area contributed by atoms with E-state index in [-0.39, 0.29) is 11.9 Å². The number of ether oxygens (including phenoxy) is 1. The van der Waals surface area contributed by atoms with Crippen molar-refractivity contribution in [1.29, 1.82) is 0 Å². The molecule has 134 valence electrons. The first-order valence-electron chi connectivity index (χ1n) is 8.40. The Morgan fingerprint density at radius 2 is 2.24 bits per heavy atom. The van der Waals surface area contributed by atoms with Crippen LogP contribution in [-0.4, -0.2) is 45.7 Å². The van der Waals surface area contributed by atoms with E-state index < -0.39 is 11.9 Å². The van der Waals surface area contributed by atoms with Gasteiger partial charge in [0.25, 0.3) is 0 Å². The fourth-order valence-electron chi connectivity index (χ4n) is 3.06. The Kier molecular flexibility index (Phi) is 5.40. The third-order valence-corrected chi connectivity index (χ3v) is 4.24. The van der Waals surface area contributed by atoms with Crippen LogP contribution in [0.2, 0.25) is 0 Å². The van der Waals surface area contributed by atoms with Gasteiger partial charge in [0.05, 0.1) is 6.61 Å². The van der Waals surface area contributed by atoms with Crippen molar-refractivity contribution >= 4 is 5.91 Å². The van der Waals surface area contributed by atoms with Crippen LogP contribution in [0, 0.1) is 5.82 Å². The summed E-state index contributed by atoms with van der Waals surface area (Å²) >= 11 is 0. The third kappa shape index (κ3) is 4.02. The van der Waals surface area contributed by atoms with E-state index in [1.165, 1.54) is 12.1 Å². The molecular formula is C17H22FN5O2. The molecule has 2 unspecified atom stereocenters. The molecule has 2 aromatic rings. The first-order chi connectivity index (χ1) is 12.1. The normalized spacial score (nSPS) is 19.7. The Morgan fingerprint density at radius 1 is 1.48 bits per heavy atom. The summed E-state index contributed by atoms with van der Waals surface area (Å²) in [6.45, 7) is 3.50. The zero-order valence-corrected chi connectivity index (χ0v) is 14.1. The van der Waals surface area contributed by atoms with Crippen molar-refractivity contribution in [2.75, 3.05) is 19.7 Å². The molecule has 0 radical (unpaired) electrons. The van der Waals surface area contributed by atoms with Crippen LogP contribution in [0.4, 0.5) is 4.39 Å². The van der Waals surface area contributed by atoms with Crippen LogP contribution in [0.5, 0.6) is 0 Å². The number of morpholine rings is 1. The van der Waals surface area contributed by atoms with E-state index in [9.17, 15) is 9.18 Å². The Morgan fingerprint density at radius 3 is 2.92 bits per heavy atom. The van der Waals surface area contributed by atoms with Gasteiger partial charge in [-0.2, -0.15) is 5.10 Å². The van der Waals surface area contributed by atoms with Crippen molar-refractivity contribution in [3.8, 4) is 0 Å². The number of aromatic amines is 1. The predicted octanol–water partition coefficient (Wildman–Crippen LogP) is 1.50. The second kappa shape index (κ2) is 7.71. The van der Waals surface area contributed by atoms with E-state index in [0.717, 1.165) is 18.7 Å². The standard InChI is InChI=1S/C17H22FN5O2/c1-2-3-14-20-17(22-21-14)13-10-23(8-9-25-13)15(16(19)24)11-4-6-12(18)7-5-11/h4-7,13,15H,2-3,8-10H2,1H3,(H2,19,24)(H,20,21,22). The molecule has 1 aromatic carbocycles. The minimum absolute atomic E-state index is 0.335. The lowest BCUT2D eigenvalue weighted by Crippen LogP contribution is -2.45. The van der Waals surface area contributed by atoms with E-state index in [1.807, 2.05) is 4.90 Å². The molecule has 0 bridgehead atoms. The summed E-state index contributed by atoms with van der Waals surface area (Å²) in [5.74, 6) is 0.573. The molecule has 8 heteroatoms. The van der Waals surface area contributed by atoms with Gasteiger partial charge in [0.15, 0.2) is 5.82 Å². The lowest BCUT2D eigenvalue weighted by atomic mass is 10.0. The van der Waals surface area contributed by atoms with Crippen molar-refractivity contribution in [2.45, 2.75) is 31.9 Å². The molecule has 3 rings (SSSR count). The molecule has 7 nitrogen and oxygen atoms in total. The molecule has 2 atom stereocenters.